The molecule has 0 aliphatic carbocycles. The molecule has 0 fully saturated rings. The van der Waals surface area contributed by atoms with Gasteiger partial charge in [-0.25, -0.2) is 4.68 Å². The highest BCUT2D eigenvalue weighted by atomic mass is 16.6. The summed E-state index contributed by atoms with van der Waals surface area (Å²) in [5.74, 6) is 0.547. The Balaban J connectivity index is 2.55. The molecule has 0 saturated heterocycles. The van der Waals surface area contributed by atoms with Gasteiger partial charge in [0.25, 0.3) is 5.69 Å². The molecule has 0 atom stereocenters. The number of hydrogen-bond acceptors (Lipinski definition) is 5. The monoisotopic (exact) mass is 304 g/mol. The number of nitro groups is 1. The molecule has 0 spiro atoms. The molecule has 22 heavy (non-hydrogen) atoms. The van der Waals surface area contributed by atoms with E-state index in [2.05, 4.69) is 10.4 Å². The van der Waals surface area contributed by atoms with E-state index < -0.39 is 4.92 Å². The fourth-order valence-electron chi connectivity index (χ4n) is 2.37. The van der Waals surface area contributed by atoms with Crippen LogP contribution in [0.2, 0.25) is 0 Å². The van der Waals surface area contributed by atoms with Crippen LogP contribution >= 0.6 is 0 Å². The van der Waals surface area contributed by atoms with Crippen molar-refractivity contribution < 1.29 is 9.66 Å². The zero-order chi connectivity index (χ0) is 16.3. The van der Waals surface area contributed by atoms with E-state index in [1.165, 1.54) is 19.2 Å². The van der Waals surface area contributed by atoms with Crippen LogP contribution < -0.4 is 10.1 Å². The first kappa shape index (κ1) is 16.0. The van der Waals surface area contributed by atoms with Crippen LogP contribution in [0.4, 0.5) is 5.69 Å². The van der Waals surface area contributed by atoms with Gasteiger partial charge in [-0.2, -0.15) is 5.10 Å². The average Bonchev–Trinajstić information content (AvgIpc) is 2.79. The van der Waals surface area contributed by atoms with Crippen molar-refractivity contribution >= 4 is 5.69 Å². The molecule has 0 bridgehead atoms. The standard InChI is InChI=1S/C15H20N4O3/c1-5-16-9-13-10(2)17-18(11(13)3)14-8-12(19(20)21)6-7-15(14)22-4/h6-8,16H,5,9H2,1-4H3. The molecule has 0 amide bonds. The molecule has 7 nitrogen and oxygen atoms in total. The molecule has 118 valence electrons. The Hall–Kier alpha value is -2.41. The first-order chi connectivity index (χ1) is 10.5. The zero-order valence-electron chi connectivity index (χ0n) is 13.2. The Morgan fingerprint density at radius 2 is 2.14 bits per heavy atom. The maximum atomic E-state index is 11.0. The van der Waals surface area contributed by atoms with Gasteiger partial charge in [0.1, 0.15) is 11.4 Å². The van der Waals surface area contributed by atoms with E-state index in [0.717, 1.165) is 23.5 Å². The number of methoxy groups -OCH3 is 1. The summed E-state index contributed by atoms with van der Waals surface area (Å²) in [6.45, 7) is 7.50. The van der Waals surface area contributed by atoms with E-state index in [1.807, 2.05) is 20.8 Å². The lowest BCUT2D eigenvalue weighted by Crippen LogP contribution is -2.13. The van der Waals surface area contributed by atoms with Crippen LogP contribution in [0.1, 0.15) is 23.9 Å². The Morgan fingerprint density at radius 1 is 1.41 bits per heavy atom. The highest BCUT2D eigenvalue weighted by molar-refractivity contribution is 5.54. The lowest BCUT2D eigenvalue weighted by atomic mass is 10.2. The zero-order valence-corrected chi connectivity index (χ0v) is 13.2. The molecular formula is C15H20N4O3. The topological polar surface area (TPSA) is 82.2 Å². The fourth-order valence-corrected chi connectivity index (χ4v) is 2.37. The SMILES string of the molecule is CCNCc1c(C)nn(-c2cc([N+](=O)[O-])ccc2OC)c1C. The number of aryl methyl sites for hydroxylation is 1. The Bertz CT molecular complexity index is 694. The number of aromatic nitrogens is 2. The third-order valence-corrected chi connectivity index (χ3v) is 3.59. The van der Waals surface area contributed by atoms with E-state index in [9.17, 15) is 10.1 Å². The number of nitro benzene ring substituents is 1. The van der Waals surface area contributed by atoms with Gasteiger partial charge >= 0.3 is 0 Å². The first-order valence-electron chi connectivity index (χ1n) is 7.08. The van der Waals surface area contributed by atoms with Gasteiger partial charge in [0.15, 0.2) is 0 Å². The minimum atomic E-state index is -0.422. The maximum absolute atomic E-state index is 11.0. The minimum absolute atomic E-state index is 0.0107. The molecule has 0 radical (unpaired) electrons. The molecule has 1 aromatic carbocycles. The summed E-state index contributed by atoms with van der Waals surface area (Å²) in [5.41, 5.74) is 3.51. The summed E-state index contributed by atoms with van der Waals surface area (Å²) in [6, 6.07) is 4.50. The number of nitrogens with zero attached hydrogens (tertiary/aromatic N) is 3. The molecular weight excluding hydrogens is 284 g/mol. The Morgan fingerprint density at radius 3 is 2.73 bits per heavy atom. The largest absolute Gasteiger partial charge is 0.494 e. The lowest BCUT2D eigenvalue weighted by Gasteiger charge is -2.10. The van der Waals surface area contributed by atoms with Gasteiger partial charge in [-0.05, 0) is 26.5 Å². The Labute approximate surface area is 129 Å². The summed E-state index contributed by atoms with van der Waals surface area (Å²) < 4.78 is 7.02. The smallest absolute Gasteiger partial charge is 0.271 e. The summed E-state index contributed by atoms with van der Waals surface area (Å²) in [4.78, 5) is 10.6. The van der Waals surface area contributed by atoms with Crippen LogP contribution in [0, 0.1) is 24.0 Å². The van der Waals surface area contributed by atoms with Crippen molar-refractivity contribution in [1.29, 1.82) is 0 Å². The molecule has 2 aromatic rings. The second kappa shape index (κ2) is 6.57. The minimum Gasteiger partial charge on any atom is -0.494 e. The number of rotatable bonds is 6. The van der Waals surface area contributed by atoms with Crippen molar-refractivity contribution in [2.24, 2.45) is 0 Å². The number of ether oxygens (including phenoxy) is 1. The second-order valence-electron chi connectivity index (χ2n) is 4.95. The number of benzene rings is 1. The van der Waals surface area contributed by atoms with Crippen molar-refractivity contribution in [3.8, 4) is 11.4 Å². The van der Waals surface area contributed by atoms with E-state index >= 15 is 0 Å². The van der Waals surface area contributed by atoms with Crippen molar-refractivity contribution in [2.75, 3.05) is 13.7 Å². The normalized spacial score (nSPS) is 10.7. The second-order valence-corrected chi connectivity index (χ2v) is 4.95. The first-order valence-corrected chi connectivity index (χ1v) is 7.08. The van der Waals surface area contributed by atoms with Crippen molar-refractivity contribution in [2.45, 2.75) is 27.3 Å². The lowest BCUT2D eigenvalue weighted by molar-refractivity contribution is -0.384. The molecule has 0 saturated carbocycles. The van der Waals surface area contributed by atoms with Gasteiger partial charge in [0, 0.05) is 29.9 Å². The number of hydrogen-bond donors (Lipinski definition) is 1. The third kappa shape index (κ3) is 2.94. The average molecular weight is 304 g/mol. The van der Waals surface area contributed by atoms with E-state index in [0.29, 0.717) is 18.0 Å². The van der Waals surface area contributed by atoms with Crippen LogP contribution in [0.15, 0.2) is 18.2 Å². The molecule has 0 aliphatic heterocycles. The van der Waals surface area contributed by atoms with Crippen molar-refractivity contribution in [1.82, 2.24) is 15.1 Å². The van der Waals surface area contributed by atoms with Crippen molar-refractivity contribution in [3.05, 3.63) is 45.3 Å². The molecule has 2 rings (SSSR count). The number of nitrogens with one attached hydrogen (secondary N) is 1. The van der Waals surface area contributed by atoms with E-state index in [4.69, 9.17) is 4.74 Å². The number of non-ortho nitro benzene ring substituents is 1. The van der Waals surface area contributed by atoms with Gasteiger partial charge in [0.2, 0.25) is 0 Å². The van der Waals surface area contributed by atoms with Gasteiger partial charge < -0.3 is 10.1 Å². The van der Waals surface area contributed by atoms with Crippen LogP contribution in [-0.2, 0) is 6.54 Å². The predicted octanol–water partition coefficient (Wildman–Crippen LogP) is 2.52. The van der Waals surface area contributed by atoms with Gasteiger partial charge in [-0.1, -0.05) is 6.92 Å². The van der Waals surface area contributed by atoms with Crippen molar-refractivity contribution in [3.63, 3.8) is 0 Å². The molecule has 1 aromatic heterocycles. The molecule has 1 heterocycles. The third-order valence-electron chi connectivity index (χ3n) is 3.59. The van der Waals surface area contributed by atoms with Crippen LogP contribution in [0.3, 0.4) is 0 Å². The Kier molecular flexibility index (Phi) is 4.77. The summed E-state index contributed by atoms with van der Waals surface area (Å²) in [5, 5.41) is 18.8. The van der Waals surface area contributed by atoms with Gasteiger partial charge in [-0.15, -0.1) is 0 Å². The fraction of sp³-hybridized carbons (Fsp3) is 0.400. The van der Waals surface area contributed by atoms with E-state index in [1.54, 1.807) is 10.7 Å². The highest BCUT2D eigenvalue weighted by Gasteiger charge is 2.18. The molecule has 0 aliphatic rings. The van der Waals surface area contributed by atoms with Gasteiger partial charge in [-0.3, -0.25) is 10.1 Å². The van der Waals surface area contributed by atoms with Crippen LogP contribution in [0.25, 0.3) is 5.69 Å². The summed E-state index contributed by atoms with van der Waals surface area (Å²) >= 11 is 0. The highest BCUT2D eigenvalue weighted by Crippen LogP contribution is 2.29. The van der Waals surface area contributed by atoms with E-state index in [-0.39, 0.29) is 5.69 Å². The van der Waals surface area contributed by atoms with Crippen LogP contribution in [0.5, 0.6) is 5.75 Å². The summed E-state index contributed by atoms with van der Waals surface area (Å²) in [7, 11) is 1.54. The molecule has 0 unspecified atom stereocenters. The van der Waals surface area contributed by atoms with Crippen LogP contribution in [-0.4, -0.2) is 28.4 Å². The predicted molar refractivity (Wildman–Crippen MR) is 83.6 cm³/mol. The van der Waals surface area contributed by atoms with Gasteiger partial charge in [0.05, 0.1) is 17.7 Å². The maximum Gasteiger partial charge on any atom is 0.271 e. The molecule has 1 N–H and O–H groups in total. The quantitative estimate of drug-likeness (QED) is 0.655. The molecule has 7 heteroatoms. The summed E-state index contributed by atoms with van der Waals surface area (Å²) in [6.07, 6.45) is 0.